The number of benzene rings is 2. The van der Waals surface area contributed by atoms with Crippen molar-refractivity contribution in [3.63, 3.8) is 0 Å². The minimum atomic E-state index is -0.502. The number of rotatable bonds is 5. The Bertz CT molecular complexity index is 779. The second kappa shape index (κ2) is 7.04. The maximum atomic E-state index is 11.9. The zero-order chi connectivity index (χ0) is 16.8. The Morgan fingerprint density at radius 1 is 1.30 bits per heavy atom. The smallest absolute Gasteiger partial charge is 0.274 e. The number of nitro benzene ring substituents is 1. The van der Waals surface area contributed by atoms with Gasteiger partial charge in [-0.25, -0.2) is 0 Å². The van der Waals surface area contributed by atoms with Crippen molar-refractivity contribution in [1.29, 1.82) is 5.26 Å². The van der Waals surface area contributed by atoms with E-state index in [4.69, 9.17) is 10.00 Å². The molecule has 1 N–H and O–H groups in total. The molecule has 0 aliphatic heterocycles. The number of nitro groups is 1. The number of carbonyl (C=O) groups is 1. The largest absolute Gasteiger partial charge is 0.484 e. The molecule has 116 valence electrons. The molecule has 0 heterocycles. The number of hydrogen-bond donors (Lipinski definition) is 1. The number of nitriles is 1. The number of nitrogens with one attached hydrogen (secondary N) is 1. The lowest BCUT2D eigenvalue weighted by Crippen LogP contribution is -2.20. The maximum absolute atomic E-state index is 11.9. The molecule has 0 saturated carbocycles. The van der Waals surface area contributed by atoms with Crippen LogP contribution >= 0.6 is 0 Å². The fourth-order valence-electron chi connectivity index (χ4n) is 1.92. The van der Waals surface area contributed by atoms with E-state index in [2.05, 4.69) is 5.32 Å². The first-order valence-corrected chi connectivity index (χ1v) is 6.68. The van der Waals surface area contributed by atoms with E-state index < -0.39 is 10.8 Å². The summed E-state index contributed by atoms with van der Waals surface area (Å²) in [5.74, 6) is 0.0212. The summed E-state index contributed by atoms with van der Waals surface area (Å²) in [6.45, 7) is 1.32. The lowest BCUT2D eigenvalue weighted by Gasteiger charge is -2.09. The Labute approximate surface area is 132 Å². The van der Waals surface area contributed by atoms with Gasteiger partial charge in [0, 0.05) is 6.07 Å². The summed E-state index contributed by atoms with van der Waals surface area (Å²) in [4.78, 5) is 22.3. The predicted molar refractivity (Wildman–Crippen MR) is 83.1 cm³/mol. The van der Waals surface area contributed by atoms with Crippen LogP contribution in [0.3, 0.4) is 0 Å². The summed E-state index contributed by atoms with van der Waals surface area (Å²) in [5.41, 5.74) is 1.18. The van der Waals surface area contributed by atoms with E-state index in [-0.39, 0.29) is 12.3 Å². The highest BCUT2D eigenvalue weighted by molar-refractivity contribution is 5.93. The van der Waals surface area contributed by atoms with Crippen molar-refractivity contribution < 1.29 is 14.5 Å². The van der Waals surface area contributed by atoms with Gasteiger partial charge in [-0.3, -0.25) is 14.9 Å². The number of hydrogen-bond acceptors (Lipinski definition) is 5. The van der Waals surface area contributed by atoms with Crippen LogP contribution < -0.4 is 10.1 Å². The van der Waals surface area contributed by atoms with E-state index in [9.17, 15) is 14.9 Å². The summed E-state index contributed by atoms with van der Waals surface area (Å²) in [5, 5.41) is 22.1. The Morgan fingerprint density at radius 2 is 2.00 bits per heavy atom. The van der Waals surface area contributed by atoms with Crippen molar-refractivity contribution >= 4 is 17.3 Å². The molecule has 0 radical (unpaired) electrons. The molecule has 2 aromatic rings. The molecule has 0 aromatic heterocycles. The average Bonchev–Trinajstić information content (AvgIpc) is 2.55. The van der Waals surface area contributed by atoms with Gasteiger partial charge in [0.15, 0.2) is 6.61 Å². The fraction of sp³-hybridized carbons (Fsp3) is 0.125. The van der Waals surface area contributed by atoms with Crippen LogP contribution in [-0.4, -0.2) is 17.4 Å². The van der Waals surface area contributed by atoms with Gasteiger partial charge in [0.1, 0.15) is 5.75 Å². The summed E-state index contributed by atoms with van der Waals surface area (Å²) >= 11 is 0. The highest BCUT2D eigenvalue weighted by atomic mass is 16.6. The van der Waals surface area contributed by atoms with Crippen molar-refractivity contribution in [1.82, 2.24) is 0 Å². The lowest BCUT2D eigenvalue weighted by atomic mass is 10.1. The quantitative estimate of drug-likeness (QED) is 0.675. The molecule has 7 heteroatoms. The van der Waals surface area contributed by atoms with Crippen LogP contribution in [0.15, 0.2) is 42.5 Å². The Balaban J connectivity index is 1.98. The monoisotopic (exact) mass is 311 g/mol. The molecule has 0 atom stereocenters. The number of anilines is 1. The van der Waals surface area contributed by atoms with Gasteiger partial charge in [0.05, 0.1) is 27.8 Å². The van der Waals surface area contributed by atoms with Gasteiger partial charge in [0.2, 0.25) is 0 Å². The minimum absolute atomic E-state index is 0.0594. The first-order valence-electron chi connectivity index (χ1n) is 6.68. The molecule has 0 spiro atoms. The molecule has 2 rings (SSSR count). The van der Waals surface area contributed by atoms with Crippen molar-refractivity contribution in [2.45, 2.75) is 6.92 Å². The van der Waals surface area contributed by atoms with E-state index >= 15 is 0 Å². The van der Waals surface area contributed by atoms with Gasteiger partial charge in [0.25, 0.3) is 11.6 Å². The maximum Gasteiger partial charge on any atom is 0.274 e. The Morgan fingerprint density at radius 3 is 2.61 bits per heavy atom. The molecule has 1 amide bonds. The van der Waals surface area contributed by atoms with Crippen molar-refractivity contribution in [2.24, 2.45) is 0 Å². The molecule has 0 aliphatic carbocycles. The highest BCUT2D eigenvalue weighted by Gasteiger charge is 2.14. The molecule has 7 nitrogen and oxygen atoms in total. The molecule has 0 saturated heterocycles. The lowest BCUT2D eigenvalue weighted by molar-refractivity contribution is -0.385. The summed E-state index contributed by atoms with van der Waals surface area (Å²) in [6.07, 6.45) is 0. The van der Waals surface area contributed by atoms with Gasteiger partial charge in [-0.2, -0.15) is 5.26 Å². The van der Waals surface area contributed by atoms with Crippen LogP contribution in [0, 0.1) is 28.4 Å². The number of nitrogens with zero attached hydrogens (tertiary/aromatic N) is 2. The van der Waals surface area contributed by atoms with Gasteiger partial charge in [-0.15, -0.1) is 0 Å². The second-order valence-corrected chi connectivity index (χ2v) is 4.68. The highest BCUT2D eigenvalue weighted by Crippen LogP contribution is 2.24. The normalized spacial score (nSPS) is 9.74. The van der Waals surface area contributed by atoms with Gasteiger partial charge in [-0.05, 0) is 37.3 Å². The van der Waals surface area contributed by atoms with Crippen molar-refractivity contribution in [2.75, 3.05) is 11.9 Å². The van der Waals surface area contributed by atoms with Crippen LogP contribution in [0.25, 0.3) is 0 Å². The molecular weight excluding hydrogens is 298 g/mol. The third-order valence-electron chi connectivity index (χ3n) is 3.13. The van der Waals surface area contributed by atoms with Crippen LogP contribution in [0.1, 0.15) is 11.1 Å². The van der Waals surface area contributed by atoms with E-state index in [1.807, 2.05) is 6.07 Å². The average molecular weight is 311 g/mol. The Hall–Kier alpha value is -3.40. The van der Waals surface area contributed by atoms with Gasteiger partial charge < -0.3 is 10.1 Å². The molecular formula is C16H13N3O4. The fourth-order valence-corrected chi connectivity index (χ4v) is 1.92. The van der Waals surface area contributed by atoms with Crippen LogP contribution in [0.5, 0.6) is 5.75 Å². The minimum Gasteiger partial charge on any atom is -0.484 e. The van der Waals surface area contributed by atoms with Crippen LogP contribution in [-0.2, 0) is 4.79 Å². The van der Waals surface area contributed by atoms with Crippen molar-refractivity contribution in [3.05, 3.63) is 63.7 Å². The number of carbonyl (C=O) groups excluding carboxylic acids is 1. The summed E-state index contributed by atoms with van der Waals surface area (Å²) in [6, 6.07) is 12.8. The number of amides is 1. The van der Waals surface area contributed by atoms with Gasteiger partial charge in [-0.1, -0.05) is 6.07 Å². The van der Waals surface area contributed by atoms with E-state index in [1.165, 1.54) is 12.1 Å². The third-order valence-corrected chi connectivity index (χ3v) is 3.13. The van der Waals surface area contributed by atoms with E-state index in [1.54, 1.807) is 37.3 Å². The first-order chi connectivity index (χ1) is 11.0. The molecule has 0 bridgehead atoms. The standard InChI is InChI=1S/C16H13N3O4/c1-11-14(3-2-4-15(11)19(21)22)18-16(20)10-23-13-7-5-12(9-17)6-8-13/h2-8H,10H2,1H3,(H,18,20). The summed E-state index contributed by atoms with van der Waals surface area (Å²) in [7, 11) is 0. The Kier molecular flexibility index (Phi) is 4.89. The van der Waals surface area contributed by atoms with E-state index in [0.29, 0.717) is 22.6 Å². The molecule has 0 aliphatic rings. The van der Waals surface area contributed by atoms with Gasteiger partial charge >= 0.3 is 0 Å². The second-order valence-electron chi connectivity index (χ2n) is 4.68. The SMILES string of the molecule is Cc1c(NC(=O)COc2ccc(C#N)cc2)cccc1[N+](=O)[O-]. The first kappa shape index (κ1) is 16.0. The number of ether oxygens (including phenoxy) is 1. The third kappa shape index (κ3) is 4.04. The summed E-state index contributed by atoms with van der Waals surface area (Å²) < 4.78 is 5.30. The molecule has 0 fully saturated rings. The predicted octanol–water partition coefficient (Wildman–Crippen LogP) is 2.79. The van der Waals surface area contributed by atoms with Crippen LogP contribution in [0.4, 0.5) is 11.4 Å². The molecule has 2 aromatic carbocycles. The molecule has 0 unspecified atom stereocenters. The van der Waals surface area contributed by atoms with Crippen LogP contribution in [0.2, 0.25) is 0 Å². The topological polar surface area (TPSA) is 105 Å². The zero-order valence-corrected chi connectivity index (χ0v) is 12.3. The molecule has 23 heavy (non-hydrogen) atoms. The van der Waals surface area contributed by atoms with Crippen molar-refractivity contribution in [3.8, 4) is 11.8 Å². The zero-order valence-electron chi connectivity index (χ0n) is 12.3. The van der Waals surface area contributed by atoms with E-state index in [0.717, 1.165) is 0 Å².